The van der Waals surface area contributed by atoms with Crippen molar-refractivity contribution in [3.05, 3.63) is 45.8 Å². The summed E-state index contributed by atoms with van der Waals surface area (Å²) in [7, 11) is -0.636. The molecule has 4 rings (SSSR count). The van der Waals surface area contributed by atoms with Crippen LogP contribution in [0.5, 0.6) is 0 Å². The molecule has 13 heteroatoms. The molecule has 2 aromatic rings. The predicted octanol–water partition coefficient (Wildman–Crippen LogP) is 2.88. The predicted molar refractivity (Wildman–Crippen MR) is 147 cm³/mol. The maximum atomic E-state index is 13.2. The molecule has 1 saturated heterocycles. The first kappa shape index (κ1) is 28.7. The average molecular weight is 576 g/mol. The highest BCUT2D eigenvalue weighted by molar-refractivity contribution is 7.89. The highest BCUT2D eigenvalue weighted by Crippen LogP contribution is 2.37. The normalized spacial score (nSPS) is 16.1. The van der Waals surface area contributed by atoms with Gasteiger partial charge in [0, 0.05) is 51.1 Å². The van der Waals surface area contributed by atoms with Gasteiger partial charge in [-0.15, -0.1) is 11.3 Å². The van der Waals surface area contributed by atoms with Gasteiger partial charge in [0.1, 0.15) is 5.00 Å². The van der Waals surface area contributed by atoms with Gasteiger partial charge in [-0.1, -0.05) is 12.8 Å². The van der Waals surface area contributed by atoms with Crippen LogP contribution in [0.4, 0.5) is 9.80 Å². The van der Waals surface area contributed by atoms with E-state index in [1.807, 2.05) is 0 Å². The Morgan fingerprint density at radius 1 is 0.923 bits per heavy atom. The van der Waals surface area contributed by atoms with Crippen molar-refractivity contribution in [3.8, 4) is 0 Å². The molecule has 3 heterocycles. The number of nitrogens with one attached hydrogen (secondary N) is 2. The number of carbonyl (C=O) groups excluding carboxylic acids is 4. The van der Waals surface area contributed by atoms with Crippen LogP contribution in [0.3, 0.4) is 0 Å². The average Bonchev–Trinajstić information content (AvgIpc) is 3.04. The number of amides is 5. The Morgan fingerprint density at radius 2 is 1.56 bits per heavy atom. The number of hydrogen-bond acceptors (Lipinski definition) is 7. The maximum Gasteiger partial charge on any atom is 0.323 e. The van der Waals surface area contributed by atoms with Gasteiger partial charge in [0.2, 0.25) is 15.9 Å². The standard InChI is InChI=1S/C26H33N5O6S2/c1-17(32)30-15-12-20-21(16-30)38-25(22(20)24(34)28-26(35)29(2)3)27-23(33)18-8-10-19(11-9-18)39(36,37)31-13-6-4-5-7-14-31/h8-11H,4-7,12-16H2,1-3H3,(H,27,33)(H,28,34,35). The summed E-state index contributed by atoms with van der Waals surface area (Å²) in [6.07, 6.45) is 4.07. The summed E-state index contributed by atoms with van der Waals surface area (Å²) >= 11 is 1.18. The Kier molecular flexibility index (Phi) is 8.72. The van der Waals surface area contributed by atoms with Crippen molar-refractivity contribution in [2.24, 2.45) is 0 Å². The maximum absolute atomic E-state index is 13.2. The molecule has 11 nitrogen and oxygen atoms in total. The van der Waals surface area contributed by atoms with Gasteiger partial charge in [0.05, 0.1) is 17.0 Å². The van der Waals surface area contributed by atoms with Crippen molar-refractivity contribution in [1.29, 1.82) is 0 Å². The van der Waals surface area contributed by atoms with E-state index in [2.05, 4.69) is 10.6 Å². The molecular weight excluding hydrogens is 542 g/mol. The second-order valence-corrected chi connectivity index (χ2v) is 12.9. The monoisotopic (exact) mass is 575 g/mol. The van der Waals surface area contributed by atoms with Crippen LogP contribution in [0, 0.1) is 0 Å². The Bertz CT molecular complexity index is 1380. The van der Waals surface area contributed by atoms with Crippen LogP contribution in [0.15, 0.2) is 29.2 Å². The Morgan fingerprint density at radius 3 is 2.15 bits per heavy atom. The van der Waals surface area contributed by atoms with Crippen LogP contribution in [-0.2, 0) is 27.8 Å². The molecule has 0 bridgehead atoms. The zero-order chi connectivity index (χ0) is 28.3. The second kappa shape index (κ2) is 11.8. The summed E-state index contributed by atoms with van der Waals surface area (Å²) in [4.78, 5) is 54.1. The van der Waals surface area contributed by atoms with E-state index in [1.165, 1.54) is 65.8 Å². The van der Waals surface area contributed by atoms with Crippen molar-refractivity contribution in [2.75, 3.05) is 39.0 Å². The van der Waals surface area contributed by atoms with Gasteiger partial charge in [-0.25, -0.2) is 13.2 Å². The van der Waals surface area contributed by atoms with Gasteiger partial charge in [0.25, 0.3) is 11.8 Å². The largest absolute Gasteiger partial charge is 0.337 e. The van der Waals surface area contributed by atoms with Crippen LogP contribution >= 0.6 is 11.3 Å². The fraction of sp³-hybridized carbons (Fsp3) is 0.462. The van der Waals surface area contributed by atoms with E-state index in [0.717, 1.165) is 30.6 Å². The molecule has 1 aromatic heterocycles. The van der Waals surface area contributed by atoms with Gasteiger partial charge in [-0.3, -0.25) is 19.7 Å². The lowest BCUT2D eigenvalue weighted by molar-refractivity contribution is -0.129. The first-order valence-corrected chi connectivity index (χ1v) is 15.1. The highest BCUT2D eigenvalue weighted by atomic mass is 32.2. The molecule has 0 unspecified atom stereocenters. The molecule has 0 spiro atoms. The lowest BCUT2D eigenvalue weighted by atomic mass is 10.0. The van der Waals surface area contributed by atoms with Crippen molar-refractivity contribution in [1.82, 2.24) is 19.4 Å². The summed E-state index contributed by atoms with van der Waals surface area (Å²) in [5.74, 6) is -1.26. The van der Waals surface area contributed by atoms with Crippen molar-refractivity contribution < 1.29 is 27.6 Å². The highest BCUT2D eigenvalue weighted by Gasteiger charge is 2.31. The number of urea groups is 1. The van der Waals surface area contributed by atoms with E-state index < -0.39 is 27.9 Å². The molecule has 0 atom stereocenters. The smallest absolute Gasteiger partial charge is 0.323 e. The SMILES string of the molecule is CC(=O)N1CCc2c(sc(NC(=O)c3ccc(S(=O)(=O)N4CCCCCC4)cc3)c2C(=O)NC(=O)N(C)C)C1. The molecule has 5 amide bonds. The van der Waals surface area contributed by atoms with Crippen molar-refractivity contribution >= 4 is 50.1 Å². The summed E-state index contributed by atoms with van der Waals surface area (Å²) in [6, 6.07) is 5.13. The molecule has 2 N–H and O–H groups in total. The third kappa shape index (κ3) is 6.31. The molecule has 1 aromatic carbocycles. The minimum Gasteiger partial charge on any atom is -0.337 e. The Labute approximate surface area is 232 Å². The summed E-state index contributed by atoms with van der Waals surface area (Å²) in [6.45, 7) is 3.16. The number of nitrogens with zero attached hydrogens (tertiary/aromatic N) is 3. The van der Waals surface area contributed by atoms with Crippen LogP contribution in [-0.4, -0.2) is 80.0 Å². The van der Waals surface area contributed by atoms with Gasteiger partial charge < -0.3 is 15.1 Å². The zero-order valence-corrected chi connectivity index (χ0v) is 23.9. The second-order valence-electron chi connectivity index (χ2n) is 9.85. The van der Waals surface area contributed by atoms with E-state index in [-0.39, 0.29) is 26.9 Å². The van der Waals surface area contributed by atoms with E-state index >= 15 is 0 Å². The number of fused-ring (bicyclic) bond motifs is 1. The minimum atomic E-state index is -3.66. The minimum absolute atomic E-state index is 0.0939. The van der Waals surface area contributed by atoms with E-state index in [9.17, 15) is 27.6 Å². The van der Waals surface area contributed by atoms with Gasteiger partial charge >= 0.3 is 6.03 Å². The van der Waals surface area contributed by atoms with E-state index in [1.54, 1.807) is 4.90 Å². The number of imide groups is 1. The number of anilines is 1. The lowest BCUT2D eigenvalue weighted by Crippen LogP contribution is -2.39. The third-order valence-electron chi connectivity index (χ3n) is 6.90. The van der Waals surface area contributed by atoms with E-state index in [4.69, 9.17) is 0 Å². The lowest BCUT2D eigenvalue weighted by Gasteiger charge is -2.26. The van der Waals surface area contributed by atoms with Crippen LogP contribution in [0.1, 0.15) is 63.8 Å². The fourth-order valence-electron chi connectivity index (χ4n) is 4.66. The first-order valence-electron chi connectivity index (χ1n) is 12.8. The summed E-state index contributed by atoms with van der Waals surface area (Å²) in [5, 5.41) is 5.37. The summed E-state index contributed by atoms with van der Waals surface area (Å²) in [5.41, 5.74) is 1.11. The number of sulfonamides is 1. The fourth-order valence-corrected chi connectivity index (χ4v) is 7.43. The molecule has 1 fully saturated rings. The van der Waals surface area contributed by atoms with Gasteiger partial charge in [-0.05, 0) is 49.1 Å². The van der Waals surface area contributed by atoms with Crippen LogP contribution in [0.25, 0.3) is 0 Å². The van der Waals surface area contributed by atoms with Crippen LogP contribution in [0.2, 0.25) is 0 Å². The third-order valence-corrected chi connectivity index (χ3v) is 9.95. The summed E-state index contributed by atoms with van der Waals surface area (Å²) < 4.78 is 27.7. The van der Waals surface area contributed by atoms with Crippen LogP contribution < -0.4 is 10.6 Å². The number of benzene rings is 1. The molecule has 2 aliphatic rings. The number of thiophene rings is 1. The molecule has 2 aliphatic heterocycles. The molecule has 0 aliphatic carbocycles. The molecule has 39 heavy (non-hydrogen) atoms. The van der Waals surface area contributed by atoms with Crippen molar-refractivity contribution in [2.45, 2.75) is 50.5 Å². The number of rotatable bonds is 5. The number of hydrogen-bond donors (Lipinski definition) is 2. The zero-order valence-electron chi connectivity index (χ0n) is 22.3. The first-order chi connectivity index (χ1) is 18.5. The molecule has 210 valence electrons. The van der Waals surface area contributed by atoms with E-state index in [0.29, 0.717) is 38.2 Å². The van der Waals surface area contributed by atoms with Gasteiger partial charge in [-0.2, -0.15) is 4.31 Å². The molecule has 0 saturated carbocycles. The topological polar surface area (TPSA) is 136 Å². The quantitative estimate of drug-likeness (QED) is 0.563. The van der Waals surface area contributed by atoms with Gasteiger partial charge in [0.15, 0.2) is 0 Å². The Balaban J connectivity index is 1.58. The van der Waals surface area contributed by atoms with Crippen molar-refractivity contribution in [3.63, 3.8) is 0 Å². The molecular formula is C26H33N5O6S2. The number of carbonyl (C=O) groups is 4. The Hall–Kier alpha value is -3.29. The molecule has 0 radical (unpaired) electrons.